The third-order valence-corrected chi connectivity index (χ3v) is 4.13. The van der Waals surface area contributed by atoms with E-state index in [0.29, 0.717) is 18.4 Å². The molecule has 2 nitrogen and oxygen atoms in total. The summed E-state index contributed by atoms with van der Waals surface area (Å²) in [6, 6.07) is 0. The summed E-state index contributed by atoms with van der Waals surface area (Å²) >= 11 is 0. The molecule has 2 heteroatoms. The van der Waals surface area contributed by atoms with Crippen molar-refractivity contribution in [3.05, 3.63) is 0 Å². The van der Waals surface area contributed by atoms with Gasteiger partial charge >= 0.3 is 5.97 Å². The molecule has 0 unspecified atom stereocenters. The third-order valence-electron chi connectivity index (χ3n) is 4.13. The second-order valence-corrected chi connectivity index (χ2v) is 6.43. The molecule has 0 heterocycles. The molecule has 1 aliphatic rings. The molecule has 0 amide bonds. The van der Waals surface area contributed by atoms with E-state index in [0.717, 1.165) is 18.3 Å². The first kappa shape index (κ1) is 14.5. The number of esters is 1. The van der Waals surface area contributed by atoms with Gasteiger partial charge < -0.3 is 4.74 Å². The van der Waals surface area contributed by atoms with Crippen molar-refractivity contribution < 1.29 is 9.53 Å². The predicted molar refractivity (Wildman–Crippen MR) is 70.8 cm³/mol. The molecule has 100 valence electrons. The van der Waals surface area contributed by atoms with Gasteiger partial charge in [-0.3, -0.25) is 4.79 Å². The van der Waals surface area contributed by atoms with Gasteiger partial charge in [0.15, 0.2) is 0 Å². The maximum Gasteiger partial charge on any atom is 0.305 e. The molecule has 0 N–H and O–H groups in total. The molecular formula is C15H28O2. The maximum absolute atomic E-state index is 11.3. The lowest BCUT2D eigenvalue weighted by Gasteiger charge is -2.37. The van der Waals surface area contributed by atoms with E-state index in [-0.39, 0.29) is 5.97 Å². The summed E-state index contributed by atoms with van der Waals surface area (Å²) < 4.78 is 4.97. The Morgan fingerprint density at radius 1 is 1.18 bits per heavy atom. The minimum atomic E-state index is -0.0227. The smallest absolute Gasteiger partial charge is 0.305 e. The van der Waals surface area contributed by atoms with Crippen molar-refractivity contribution in [3.63, 3.8) is 0 Å². The molecule has 0 bridgehead atoms. The van der Waals surface area contributed by atoms with E-state index in [2.05, 4.69) is 20.8 Å². The number of rotatable bonds is 4. The SMILES string of the molecule is CCOC(=O)CCC1CCC(C(C)(C)C)CC1. The Hall–Kier alpha value is -0.530. The molecule has 0 atom stereocenters. The highest BCUT2D eigenvalue weighted by atomic mass is 16.5. The van der Waals surface area contributed by atoms with Gasteiger partial charge in [0, 0.05) is 6.42 Å². The van der Waals surface area contributed by atoms with Crippen LogP contribution in [-0.2, 0) is 9.53 Å². The van der Waals surface area contributed by atoms with Crippen LogP contribution in [-0.4, -0.2) is 12.6 Å². The van der Waals surface area contributed by atoms with Crippen LogP contribution in [0.15, 0.2) is 0 Å². The van der Waals surface area contributed by atoms with Gasteiger partial charge in [0.25, 0.3) is 0 Å². The maximum atomic E-state index is 11.3. The first-order valence-corrected chi connectivity index (χ1v) is 7.09. The lowest BCUT2D eigenvalue weighted by Crippen LogP contribution is -2.26. The molecule has 1 fully saturated rings. The zero-order chi connectivity index (χ0) is 12.9. The highest BCUT2D eigenvalue weighted by Gasteiger charge is 2.29. The van der Waals surface area contributed by atoms with Crippen molar-refractivity contribution in [2.45, 2.75) is 66.2 Å². The highest BCUT2D eigenvalue weighted by molar-refractivity contribution is 5.69. The Balaban J connectivity index is 2.21. The van der Waals surface area contributed by atoms with Gasteiger partial charge in [-0.25, -0.2) is 0 Å². The van der Waals surface area contributed by atoms with E-state index in [1.165, 1.54) is 25.7 Å². The predicted octanol–water partition coefficient (Wildman–Crippen LogP) is 4.18. The molecule has 1 aliphatic carbocycles. The Labute approximate surface area is 106 Å². The fraction of sp³-hybridized carbons (Fsp3) is 0.933. The van der Waals surface area contributed by atoms with Crippen LogP contribution in [0.25, 0.3) is 0 Å². The molecule has 0 aliphatic heterocycles. The van der Waals surface area contributed by atoms with Gasteiger partial charge in [0.05, 0.1) is 6.61 Å². The van der Waals surface area contributed by atoms with E-state index in [1.807, 2.05) is 6.92 Å². The van der Waals surface area contributed by atoms with E-state index < -0.39 is 0 Å². The quantitative estimate of drug-likeness (QED) is 0.689. The van der Waals surface area contributed by atoms with Gasteiger partial charge in [-0.15, -0.1) is 0 Å². The number of hydrogen-bond acceptors (Lipinski definition) is 2. The fourth-order valence-electron chi connectivity index (χ4n) is 2.87. The van der Waals surface area contributed by atoms with Crippen LogP contribution in [0.1, 0.15) is 66.2 Å². The Morgan fingerprint density at radius 2 is 1.76 bits per heavy atom. The first-order valence-electron chi connectivity index (χ1n) is 7.09. The highest BCUT2D eigenvalue weighted by Crippen LogP contribution is 2.40. The van der Waals surface area contributed by atoms with Crippen molar-refractivity contribution >= 4 is 5.97 Å². The molecule has 0 spiro atoms. The van der Waals surface area contributed by atoms with Crippen molar-refractivity contribution in [1.29, 1.82) is 0 Å². The zero-order valence-electron chi connectivity index (χ0n) is 11.9. The van der Waals surface area contributed by atoms with Crippen LogP contribution in [0.5, 0.6) is 0 Å². The number of carbonyl (C=O) groups excluding carboxylic acids is 1. The monoisotopic (exact) mass is 240 g/mol. The molecule has 17 heavy (non-hydrogen) atoms. The number of ether oxygens (including phenoxy) is 1. The first-order chi connectivity index (χ1) is 7.93. The second kappa shape index (κ2) is 6.42. The summed E-state index contributed by atoms with van der Waals surface area (Å²) in [4.78, 5) is 11.3. The second-order valence-electron chi connectivity index (χ2n) is 6.43. The summed E-state index contributed by atoms with van der Waals surface area (Å²) in [6.07, 6.45) is 6.88. The van der Waals surface area contributed by atoms with Crippen LogP contribution >= 0.6 is 0 Å². The molecule has 1 rings (SSSR count). The fourth-order valence-corrected chi connectivity index (χ4v) is 2.87. The normalized spacial score (nSPS) is 25.6. The van der Waals surface area contributed by atoms with E-state index in [1.54, 1.807) is 0 Å². The van der Waals surface area contributed by atoms with Crippen LogP contribution in [0, 0.1) is 17.3 Å². The molecule has 0 aromatic rings. The Morgan fingerprint density at radius 3 is 2.24 bits per heavy atom. The van der Waals surface area contributed by atoms with E-state index >= 15 is 0 Å². The summed E-state index contributed by atoms with van der Waals surface area (Å²) in [5.41, 5.74) is 0.451. The van der Waals surface area contributed by atoms with Gasteiger partial charge in [-0.2, -0.15) is 0 Å². The van der Waals surface area contributed by atoms with Crippen molar-refractivity contribution in [2.75, 3.05) is 6.61 Å². The zero-order valence-corrected chi connectivity index (χ0v) is 11.9. The number of hydrogen-bond donors (Lipinski definition) is 0. The third kappa shape index (κ3) is 5.10. The van der Waals surface area contributed by atoms with Gasteiger partial charge in [0.1, 0.15) is 0 Å². The molecule has 1 saturated carbocycles. The van der Waals surface area contributed by atoms with Crippen LogP contribution < -0.4 is 0 Å². The van der Waals surface area contributed by atoms with Crippen LogP contribution in [0.2, 0.25) is 0 Å². The Kier molecular flexibility index (Phi) is 5.48. The molecular weight excluding hydrogens is 212 g/mol. The number of carbonyl (C=O) groups is 1. The van der Waals surface area contributed by atoms with Crippen molar-refractivity contribution in [1.82, 2.24) is 0 Å². The minimum Gasteiger partial charge on any atom is -0.466 e. The van der Waals surface area contributed by atoms with Crippen molar-refractivity contribution in [2.24, 2.45) is 17.3 Å². The lowest BCUT2D eigenvalue weighted by molar-refractivity contribution is -0.143. The standard InChI is InChI=1S/C15H28O2/c1-5-17-14(16)11-8-12-6-9-13(10-7-12)15(2,3)4/h12-13H,5-11H2,1-4H3. The van der Waals surface area contributed by atoms with Gasteiger partial charge in [-0.05, 0) is 43.4 Å². The summed E-state index contributed by atoms with van der Waals surface area (Å²) in [5, 5.41) is 0. The van der Waals surface area contributed by atoms with E-state index in [4.69, 9.17) is 4.74 Å². The van der Waals surface area contributed by atoms with Gasteiger partial charge in [0.2, 0.25) is 0 Å². The average molecular weight is 240 g/mol. The topological polar surface area (TPSA) is 26.3 Å². The van der Waals surface area contributed by atoms with E-state index in [9.17, 15) is 4.79 Å². The van der Waals surface area contributed by atoms with Crippen LogP contribution in [0.3, 0.4) is 0 Å². The largest absolute Gasteiger partial charge is 0.466 e. The van der Waals surface area contributed by atoms with Crippen LogP contribution in [0.4, 0.5) is 0 Å². The summed E-state index contributed by atoms with van der Waals surface area (Å²) in [5.74, 6) is 1.59. The minimum absolute atomic E-state index is 0.0227. The average Bonchev–Trinajstić information content (AvgIpc) is 2.26. The molecule has 0 radical (unpaired) electrons. The van der Waals surface area contributed by atoms with Gasteiger partial charge in [-0.1, -0.05) is 33.6 Å². The van der Waals surface area contributed by atoms with Crippen molar-refractivity contribution in [3.8, 4) is 0 Å². The molecule has 0 saturated heterocycles. The summed E-state index contributed by atoms with van der Waals surface area (Å²) in [6.45, 7) is 9.41. The lowest BCUT2D eigenvalue weighted by atomic mass is 9.69. The summed E-state index contributed by atoms with van der Waals surface area (Å²) in [7, 11) is 0. The Bertz CT molecular complexity index is 232. The molecule has 0 aromatic carbocycles. The molecule has 0 aromatic heterocycles.